The highest BCUT2D eigenvalue weighted by molar-refractivity contribution is 7.99. The van der Waals surface area contributed by atoms with E-state index in [0.717, 1.165) is 18.1 Å². The Hall–Kier alpha value is 0.270. The van der Waals surface area contributed by atoms with Crippen LogP contribution in [0.1, 0.15) is 12.8 Å². The summed E-state index contributed by atoms with van der Waals surface area (Å²) in [7, 11) is 0. The molecule has 1 unspecified atom stereocenters. The molecule has 66 valence electrons. The second-order valence-electron chi connectivity index (χ2n) is 3.01. The number of aliphatic hydroxyl groups is 1. The normalized spacial score (nSPS) is 24.3. The number of aliphatic hydroxyl groups excluding tert-OH is 1. The fourth-order valence-electron chi connectivity index (χ4n) is 1.27. The lowest BCUT2D eigenvalue weighted by molar-refractivity contribution is 0.296. The van der Waals surface area contributed by atoms with Crippen LogP contribution in [-0.2, 0) is 0 Å². The van der Waals surface area contributed by atoms with Gasteiger partial charge in [-0.1, -0.05) is 0 Å². The summed E-state index contributed by atoms with van der Waals surface area (Å²) in [5.41, 5.74) is 0. The number of nitrogens with one attached hydrogen (secondary N) is 1. The Bertz CT molecular complexity index is 94.1. The van der Waals surface area contributed by atoms with E-state index < -0.39 is 0 Å². The predicted octanol–water partition coefficient (Wildman–Crippen LogP) is 0.711. The fourth-order valence-corrected chi connectivity index (χ4v) is 2.39. The van der Waals surface area contributed by atoms with Crippen LogP contribution in [0.5, 0.6) is 0 Å². The summed E-state index contributed by atoms with van der Waals surface area (Å²) in [6, 6.07) is 0. The van der Waals surface area contributed by atoms with E-state index in [9.17, 15) is 0 Å². The average Bonchev–Trinajstić information content (AvgIpc) is 2.50. The minimum absolute atomic E-state index is 0.343. The van der Waals surface area contributed by atoms with Gasteiger partial charge >= 0.3 is 0 Å². The van der Waals surface area contributed by atoms with Crippen LogP contribution in [0.15, 0.2) is 0 Å². The van der Waals surface area contributed by atoms with E-state index in [1.54, 1.807) is 0 Å². The highest BCUT2D eigenvalue weighted by Crippen LogP contribution is 2.15. The standard InChI is InChI=1S/C8H17NOS/c10-4-1-5-11-7-8-2-3-9-6-8/h8-10H,1-7H2. The molecule has 0 spiro atoms. The Morgan fingerprint density at radius 3 is 3.09 bits per heavy atom. The van der Waals surface area contributed by atoms with Crippen LogP contribution in [0.25, 0.3) is 0 Å². The summed E-state index contributed by atoms with van der Waals surface area (Å²) in [6.45, 7) is 2.74. The van der Waals surface area contributed by atoms with Crippen LogP contribution in [0.2, 0.25) is 0 Å². The van der Waals surface area contributed by atoms with Gasteiger partial charge in [-0.15, -0.1) is 0 Å². The van der Waals surface area contributed by atoms with Crippen molar-refractivity contribution in [1.82, 2.24) is 5.32 Å². The molecule has 0 saturated carbocycles. The largest absolute Gasteiger partial charge is 0.396 e. The first-order chi connectivity index (χ1) is 5.43. The van der Waals surface area contributed by atoms with Crippen molar-refractivity contribution in [3.8, 4) is 0 Å². The van der Waals surface area contributed by atoms with E-state index in [4.69, 9.17) is 5.11 Å². The van der Waals surface area contributed by atoms with Gasteiger partial charge in [0.1, 0.15) is 0 Å². The Morgan fingerprint density at radius 2 is 2.45 bits per heavy atom. The molecule has 2 nitrogen and oxygen atoms in total. The van der Waals surface area contributed by atoms with Gasteiger partial charge in [0.25, 0.3) is 0 Å². The molecule has 1 fully saturated rings. The molecule has 1 rings (SSSR count). The summed E-state index contributed by atoms with van der Waals surface area (Å²) >= 11 is 1.98. The minimum atomic E-state index is 0.343. The van der Waals surface area contributed by atoms with Crippen LogP contribution in [0.4, 0.5) is 0 Å². The zero-order valence-corrected chi connectivity index (χ0v) is 7.70. The summed E-state index contributed by atoms with van der Waals surface area (Å²) < 4.78 is 0. The zero-order valence-electron chi connectivity index (χ0n) is 6.88. The van der Waals surface area contributed by atoms with E-state index in [1.807, 2.05) is 11.8 Å². The molecule has 0 aromatic heterocycles. The van der Waals surface area contributed by atoms with Crippen LogP contribution >= 0.6 is 11.8 Å². The van der Waals surface area contributed by atoms with E-state index >= 15 is 0 Å². The molecule has 1 atom stereocenters. The molecular weight excluding hydrogens is 158 g/mol. The smallest absolute Gasteiger partial charge is 0.0438 e. The summed E-state index contributed by atoms with van der Waals surface area (Å²) in [4.78, 5) is 0. The molecule has 1 saturated heterocycles. The average molecular weight is 175 g/mol. The summed E-state index contributed by atoms with van der Waals surface area (Å²) in [6.07, 6.45) is 2.29. The maximum absolute atomic E-state index is 8.53. The number of hydrogen-bond acceptors (Lipinski definition) is 3. The number of thioether (sulfide) groups is 1. The molecule has 0 aliphatic carbocycles. The molecule has 0 aromatic carbocycles. The molecule has 2 N–H and O–H groups in total. The monoisotopic (exact) mass is 175 g/mol. The van der Waals surface area contributed by atoms with E-state index in [-0.39, 0.29) is 0 Å². The first-order valence-corrected chi connectivity index (χ1v) is 5.48. The quantitative estimate of drug-likeness (QED) is 0.604. The number of rotatable bonds is 5. The van der Waals surface area contributed by atoms with E-state index in [0.29, 0.717) is 6.61 Å². The molecular formula is C8H17NOS. The van der Waals surface area contributed by atoms with Crippen molar-refractivity contribution >= 4 is 11.8 Å². The van der Waals surface area contributed by atoms with Crippen LogP contribution in [0.3, 0.4) is 0 Å². The van der Waals surface area contributed by atoms with Crippen molar-refractivity contribution in [2.24, 2.45) is 5.92 Å². The topological polar surface area (TPSA) is 32.3 Å². The molecule has 3 heteroatoms. The van der Waals surface area contributed by atoms with Gasteiger partial charge in [0.05, 0.1) is 0 Å². The van der Waals surface area contributed by atoms with Gasteiger partial charge in [0.15, 0.2) is 0 Å². The Labute approximate surface area is 72.8 Å². The van der Waals surface area contributed by atoms with E-state index in [1.165, 1.54) is 25.3 Å². The summed E-state index contributed by atoms with van der Waals surface area (Å²) in [5, 5.41) is 11.9. The Kier molecular flexibility index (Phi) is 4.99. The lowest BCUT2D eigenvalue weighted by atomic mass is 10.2. The van der Waals surface area contributed by atoms with Gasteiger partial charge in [0, 0.05) is 6.61 Å². The molecule has 1 aliphatic rings. The van der Waals surface area contributed by atoms with Gasteiger partial charge in [-0.25, -0.2) is 0 Å². The van der Waals surface area contributed by atoms with Crippen molar-refractivity contribution in [2.75, 3.05) is 31.2 Å². The maximum atomic E-state index is 8.53. The van der Waals surface area contributed by atoms with Crippen molar-refractivity contribution in [2.45, 2.75) is 12.8 Å². The minimum Gasteiger partial charge on any atom is -0.396 e. The third kappa shape index (κ3) is 3.99. The Morgan fingerprint density at radius 1 is 1.55 bits per heavy atom. The van der Waals surface area contributed by atoms with Crippen LogP contribution in [0, 0.1) is 5.92 Å². The SMILES string of the molecule is OCCCSCC1CCNC1. The maximum Gasteiger partial charge on any atom is 0.0438 e. The predicted molar refractivity (Wildman–Crippen MR) is 50.0 cm³/mol. The fraction of sp³-hybridized carbons (Fsp3) is 1.00. The third-order valence-corrected chi connectivity index (χ3v) is 3.25. The van der Waals surface area contributed by atoms with Crippen molar-refractivity contribution in [3.05, 3.63) is 0 Å². The van der Waals surface area contributed by atoms with Gasteiger partial charge in [-0.3, -0.25) is 0 Å². The number of hydrogen-bond donors (Lipinski definition) is 2. The summed E-state index contributed by atoms with van der Waals surface area (Å²) in [5.74, 6) is 3.28. The molecule has 0 amide bonds. The van der Waals surface area contributed by atoms with Crippen LogP contribution < -0.4 is 5.32 Å². The van der Waals surface area contributed by atoms with Gasteiger partial charge in [-0.2, -0.15) is 11.8 Å². The molecule has 11 heavy (non-hydrogen) atoms. The second-order valence-corrected chi connectivity index (χ2v) is 4.16. The highest BCUT2D eigenvalue weighted by atomic mass is 32.2. The zero-order chi connectivity index (χ0) is 7.94. The van der Waals surface area contributed by atoms with Crippen molar-refractivity contribution in [3.63, 3.8) is 0 Å². The molecule has 0 radical (unpaired) electrons. The van der Waals surface area contributed by atoms with Crippen molar-refractivity contribution in [1.29, 1.82) is 0 Å². The van der Waals surface area contributed by atoms with Gasteiger partial charge in [0.2, 0.25) is 0 Å². The lowest BCUT2D eigenvalue weighted by Gasteiger charge is -2.06. The lowest BCUT2D eigenvalue weighted by Crippen LogP contribution is -2.10. The molecule has 1 aliphatic heterocycles. The molecule has 0 bridgehead atoms. The first-order valence-electron chi connectivity index (χ1n) is 4.33. The van der Waals surface area contributed by atoms with Gasteiger partial charge < -0.3 is 10.4 Å². The van der Waals surface area contributed by atoms with Crippen molar-refractivity contribution < 1.29 is 5.11 Å². The van der Waals surface area contributed by atoms with Crippen LogP contribution in [-0.4, -0.2) is 36.3 Å². The third-order valence-electron chi connectivity index (χ3n) is 1.96. The highest BCUT2D eigenvalue weighted by Gasteiger charge is 2.13. The second kappa shape index (κ2) is 5.86. The first kappa shape index (κ1) is 9.36. The van der Waals surface area contributed by atoms with E-state index in [2.05, 4.69) is 5.32 Å². The Balaban J connectivity index is 1.86. The molecule has 0 aromatic rings. The van der Waals surface area contributed by atoms with Gasteiger partial charge in [-0.05, 0) is 43.4 Å². The molecule has 1 heterocycles.